The van der Waals surface area contributed by atoms with Gasteiger partial charge in [0.2, 0.25) is 0 Å². The van der Waals surface area contributed by atoms with E-state index in [0.717, 1.165) is 12.8 Å². The summed E-state index contributed by atoms with van der Waals surface area (Å²) in [5, 5.41) is 0. The molecular formula is C10H22N2O2. The van der Waals surface area contributed by atoms with Gasteiger partial charge in [0.25, 0.3) is 0 Å². The fourth-order valence-corrected chi connectivity index (χ4v) is 0.958. The molecule has 4 N–H and O–H groups in total. The predicted molar refractivity (Wildman–Crippen MR) is 56.7 cm³/mol. The summed E-state index contributed by atoms with van der Waals surface area (Å²) in [4.78, 5) is 11.2. The van der Waals surface area contributed by atoms with Crippen LogP contribution in [0.1, 0.15) is 33.1 Å². The average molecular weight is 202 g/mol. The second kappa shape index (κ2) is 7.76. The Morgan fingerprint density at radius 3 is 2.50 bits per heavy atom. The highest BCUT2D eigenvalue weighted by Crippen LogP contribution is 2.01. The quantitative estimate of drug-likeness (QED) is 0.594. The van der Waals surface area contributed by atoms with Gasteiger partial charge in [-0.1, -0.05) is 13.8 Å². The summed E-state index contributed by atoms with van der Waals surface area (Å²) in [7, 11) is 0. The van der Waals surface area contributed by atoms with E-state index in [9.17, 15) is 4.79 Å². The van der Waals surface area contributed by atoms with Crippen LogP contribution in [-0.2, 0) is 9.53 Å². The molecule has 0 amide bonds. The normalized spacial score (nSPS) is 12.9. The van der Waals surface area contributed by atoms with E-state index in [1.165, 1.54) is 0 Å². The molecule has 0 aliphatic carbocycles. The van der Waals surface area contributed by atoms with Crippen molar-refractivity contribution in [2.75, 3.05) is 13.2 Å². The smallest absolute Gasteiger partial charge is 0.322 e. The van der Waals surface area contributed by atoms with Crippen molar-refractivity contribution >= 4 is 5.97 Å². The summed E-state index contributed by atoms with van der Waals surface area (Å²) >= 11 is 0. The summed E-state index contributed by atoms with van der Waals surface area (Å²) in [5.41, 5.74) is 10.9. The van der Waals surface area contributed by atoms with Gasteiger partial charge < -0.3 is 16.2 Å². The van der Waals surface area contributed by atoms with E-state index in [0.29, 0.717) is 25.5 Å². The number of carbonyl (C=O) groups excluding carboxylic acids is 1. The lowest BCUT2D eigenvalue weighted by atomic mass is 10.1. The molecule has 0 aliphatic heterocycles. The molecule has 0 fully saturated rings. The Kier molecular flexibility index (Phi) is 7.42. The van der Waals surface area contributed by atoms with Crippen LogP contribution in [0.25, 0.3) is 0 Å². The molecule has 0 heterocycles. The van der Waals surface area contributed by atoms with Gasteiger partial charge in [0, 0.05) is 0 Å². The third-order valence-corrected chi connectivity index (χ3v) is 1.96. The first-order valence-corrected chi connectivity index (χ1v) is 5.20. The van der Waals surface area contributed by atoms with Gasteiger partial charge in [-0.05, 0) is 31.7 Å². The maximum atomic E-state index is 11.2. The summed E-state index contributed by atoms with van der Waals surface area (Å²) in [5.74, 6) is 0.238. The maximum absolute atomic E-state index is 11.2. The van der Waals surface area contributed by atoms with Crippen LogP contribution in [0.2, 0.25) is 0 Å². The molecule has 14 heavy (non-hydrogen) atoms. The number of carbonyl (C=O) groups is 1. The molecule has 4 heteroatoms. The zero-order valence-electron chi connectivity index (χ0n) is 9.16. The molecule has 0 aromatic heterocycles. The van der Waals surface area contributed by atoms with Crippen LogP contribution in [-0.4, -0.2) is 25.2 Å². The Balaban J connectivity index is 3.52. The second-order valence-electron chi connectivity index (χ2n) is 3.89. The molecule has 4 nitrogen and oxygen atoms in total. The van der Waals surface area contributed by atoms with Crippen LogP contribution in [0.4, 0.5) is 0 Å². The van der Waals surface area contributed by atoms with Gasteiger partial charge in [-0.3, -0.25) is 4.79 Å². The fourth-order valence-electron chi connectivity index (χ4n) is 0.958. The van der Waals surface area contributed by atoms with Crippen molar-refractivity contribution in [2.45, 2.75) is 39.2 Å². The topological polar surface area (TPSA) is 78.3 Å². The Bertz CT molecular complexity index is 160. The van der Waals surface area contributed by atoms with Crippen molar-refractivity contribution < 1.29 is 9.53 Å². The highest BCUT2D eigenvalue weighted by atomic mass is 16.5. The summed E-state index contributed by atoms with van der Waals surface area (Å²) in [6, 6.07) is -0.509. The van der Waals surface area contributed by atoms with Crippen LogP contribution >= 0.6 is 0 Å². The molecule has 0 aliphatic rings. The predicted octanol–water partition coefficient (Wildman–Crippen LogP) is 0.642. The molecule has 0 rings (SSSR count). The molecule has 1 unspecified atom stereocenters. The van der Waals surface area contributed by atoms with Gasteiger partial charge in [0.1, 0.15) is 6.04 Å². The first-order chi connectivity index (χ1) is 6.57. The molecule has 0 saturated heterocycles. The van der Waals surface area contributed by atoms with Crippen molar-refractivity contribution in [3.05, 3.63) is 0 Å². The Hall–Kier alpha value is -0.610. The van der Waals surface area contributed by atoms with E-state index in [1.54, 1.807) is 0 Å². The minimum absolute atomic E-state index is 0.306. The van der Waals surface area contributed by atoms with E-state index in [1.807, 2.05) is 0 Å². The monoisotopic (exact) mass is 202 g/mol. The summed E-state index contributed by atoms with van der Waals surface area (Å²) in [6.07, 6.45) is 2.26. The number of hydrogen-bond donors (Lipinski definition) is 2. The molecule has 0 aromatic carbocycles. The van der Waals surface area contributed by atoms with E-state index < -0.39 is 6.04 Å². The number of esters is 1. The summed E-state index contributed by atoms with van der Waals surface area (Å²) in [6.45, 7) is 5.20. The minimum atomic E-state index is -0.509. The van der Waals surface area contributed by atoms with Crippen LogP contribution in [0.5, 0.6) is 0 Å². The van der Waals surface area contributed by atoms with Crippen LogP contribution in [0.15, 0.2) is 0 Å². The standard InChI is InChI=1S/C10H22N2O2/c1-8(2)5-7-14-10(13)9(12)4-3-6-11/h8-9H,3-7,11-12H2,1-2H3. The maximum Gasteiger partial charge on any atom is 0.322 e. The SMILES string of the molecule is CC(C)CCOC(=O)C(N)CCCN. The molecule has 1 atom stereocenters. The van der Waals surface area contributed by atoms with Gasteiger partial charge in [-0.25, -0.2) is 0 Å². The van der Waals surface area contributed by atoms with Crippen molar-refractivity contribution in [3.8, 4) is 0 Å². The fraction of sp³-hybridized carbons (Fsp3) is 0.900. The molecule has 0 aromatic rings. The lowest BCUT2D eigenvalue weighted by Gasteiger charge is -2.11. The molecule has 0 spiro atoms. The zero-order valence-corrected chi connectivity index (χ0v) is 9.16. The van der Waals surface area contributed by atoms with Gasteiger partial charge in [0.15, 0.2) is 0 Å². The molecule has 0 radical (unpaired) electrons. The number of hydrogen-bond acceptors (Lipinski definition) is 4. The molecule has 0 saturated carbocycles. The van der Waals surface area contributed by atoms with E-state index in [-0.39, 0.29) is 5.97 Å². The van der Waals surface area contributed by atoms with Gasteiger partial charge >= 0.3 is 5.97 Å². The first-order valence-electron chi connectivity index (χ1n) is 5.20. The Labute approximate surface area is 86.0 Å². The Morgan fingerprint density at radius 2 is 2.00 bits per heavy atom. The summed E-state index contributed by atoms with van der Waals surface area (Å²) < 4.78 is 5.01. The van der Waals surface area contributed by atoms with Crippen molar-refractivity contribution in [2.24, 2.45) is 17.4 Å². The van der Waals surface area contributed by atoms with E-state index >= 15 is 0 Å². The third-order valence-electron chi connectivity index (χ3n) is 1.96. The van der Waals surface area contributed by atoms with Crippen molar-refractivity contribution in [1.29, 1.82) is 0 Å². The number of ether oxygens (including phenoxy) is 1. The molecular weight excluding hydrogens is 180 g/mol. The third kappa shape index (κ3) is 6.86. The molecule has 0 bridgehead atoms. The van der Waals surface area contributed by atoms with E-state index in [4.69, 9.17) is 16.2 Å². The zero-order chi connectivity index (χ0) is 11.0. The lowest BCUT2D eigenvalue weighted by Crippen LogP contribution is -2.33. The largest absolute Gasteiger partial charge is 0.465 e. The molecule has 84 valence electrons. The average Bonchev–Trinajstić information content (AvgIpc) is 2.13. The van der Waals surface area contributed by atoms with Gasteiger partial charge in [-0.2, -0.15) is 0 Å². The highest BCUT2D eigenvalue weighted by molar-refractivity contribution is 5.75. The number of nitrogens with two attached hydrogens (primary N) is 2. The lowest BCUT2D eigenvalue weighted by molar-refractivity contribution is -0.145. The van der Waals surface area contributed by atoms with Crippen molar-refractivity contribution in [3.63, 3.8) is 0 Å². The van der Waals surface area contributed by atoms with Crippen LogP contribution in [0, 0.1) is 5.92 Å². The van der Waals surface area contributed by atoms with Crippen LogP contribution in [0.3, 0.4) is 0 Å². The first kappa shape index (κ1) is 13.4. The van der Waals surface area contributed by atoms with Crippen molar-refractivity contribution in [1.82, 2.24) is 0 Å². The Morgan fingerprint density at radius 1 is 1.36 bits per heavy atom. The second-order valence-corrected chi connectivity index (χ2v) is 3.89. The minimum Gasteiger partial charge on any atom is -0.465 e. The highest BCUT2D eigenvalue weighted by Gasteiger charge is 2.13. The number of rotatable bonds is 7. The van der Waals surface area contributed by atoms with Crippen LogP contribution < -0.4 is 11.5 Å². The van der Waals surface area contributed by atoms with Gasteiger partial charge in [-0.15, -0.1) is 0 Å². The van der Waals surface area contributed by atoms with Gasteiger partial charge in [0.05, 0.1) is 6.61 Å². The van der Waals surface area contributed by atoms with E-state index in [2.05, 4.69) is 13.8 Å².